The van der Waals surface area contributed by atoms with Crippen molar-refractivity contribution < 1.29 is 28.6 Å². The second kappa shape index (κ2) is 51.3. The Hall–Kier alpha value is -1.59. The highest BCUT2D eigenvalue weighted by molar-refractivity contribution is 5.71. The zero-order valence-electron chi connectivity index (χ0n) is 45.5. The van der Waals surface area contributed by atoms with Crippen LogP contribution < -0.4 is 0 Å². The van der Waals surface area contributed by atoms with Crippen LogP contribution in [0.4, 0.5) is 0 Å². The van der Waals surface area contributed by atoms with E-state index in [0.29, 0.717) is 19.3 Å². The van der Waals surface area contributed by atoms with Gasteiger partial charge in [-0.1, -0.05) is 292 Å². The molecule has 0 aliphatic carbocycles. The van der Waals surface area contributed by atoms with Gasteiger partial charge in [-0.05, 0) is 37.0 Å². The van der Waals surface area contributed by atoms with Crippen LogP contribution in [0, 0.1) is 17.8 Å². The van der Waals surface area contributed by atoms with E-state index in [2.05, 4.69) is 41.5 Å². The number of unbranched alkanes of at least 4 members (excludes halogenated alkanes) is 36. The van der Waals surface area contributed by atoms with E-state index in [1.54, 1.807) is 0 Å². The number of hydrogen-bond acceptors (Lipinski definition) is 6. The quantitative estimate of drug-likeness (QED) is 0.0343. The van der Waals surface area contributed by atoms with E-state index in [1.165, 1.54) is 212 Å². The molecule has 0 N–H and O–H groups in total. The molecule has 0 aromatic carbocycles. The maximum atomic E-state index is 12.8. The Morgan fingerprint density at radius 2 is 0.439 bits per heavy atom. The fourth-order valence-corrected chi connectivity index (χ4v) is 9.18. The van der Waals surface area contributed by atoms with Gasteiger partial charge >= 0.3 is 17.9 Å². The Balaban J connectivity index is 4.23. The second-order valence-electron chi connectivity index (χ2n) is 22.1. The summed E-state index contributed by atoms with van der Waals surface area (Å²) in [6, 6.07) is 0. The molecule has 0 aromatic heterocycles. The third-order valence-electron chi connectivity index (χ3n) is 13.6. The van der Waals surface area contributed by atoms with Crippen molar-refractivity contribution in [2.24, 2.45) is 17.8 Å². The molecule has 0 fully saturated rings. The van der Waals surface area contributed by atoms with Crippen molar-refractivity contribution in [2.45, 2.75) is 337 Å². The first-order chi connectivity index (χ1) is 32.1. The average Bonchev–Trinajstić information content (AvgIpc) is 3.28. The number of carbonyl (C=O) groups excluding carboxylic acids is 3. The van der Waals surface area contributed by atoms with Crippen LogP contribution in [0.2, 0.25) is 0 Å². The molecule has 66 heavy (non-hydrogen) atoms. The van der Waals surface area contributed by atoms with Crippen LogP contribution in [0.5, 0.6) is 0 Å². The van der Waals surface area contributed by atoms with Crippen LogP contribution in [0.15, 0.2) is 0 Å². The lowest BCUT2D eigenvalue weighted by Crippen LogP contribution is -2.30. The largest absolute Gasteiger partial charge is 0.462 e. The molecule has 0 aromatic rings. The van der Waals surface area contributed by atoms with Crippen molar-refractivity contribution in [1.82, 2.24) is 0 Å². The summed E-state index contributed by atoms with van der Waals surface area (Å²) >= 11 is 0. The van der Waals surface area contributed by atoms with Crippen molar-refractivity contribution in [3.63, 3.8) is 0 Å². The van der Waals surface area contributed by atoms with Crippen LogP contribution in [0.25, 0.3) is 0 Å². The van der Waals surface area contributed by atoms with Gasteiger partial charge in [-0.15, -0.1) is 0 Å². The third-order valence-corrected chi connectivity index (χ3v) is 13.6. The predicted molar refractivity (Wildman–Crippen MR) is 284 cm³/mol. The van der Waals surface area contributed by atoms with Gasteiger partial charge in [0.15, 0.2) is 6.10 Å². The van der Waals surface area contributed by atoms with E-state index >= 15 is 0 Å². The van der Waals surface area contributed by atoms with Crippen molar-refractivity contribution in [1.29, 1.82) is 0 Å². The van der Waals surface area contributed by atoms with Crippen molar-refractivity contribution in [2.75, 3.05) is 13.2 Å². The molecule has 0 amide bonds. The van der Waals surface area contributed by atoms with Gasteiger partial charge in [-0.2, -0.15) is 0 Å². The van der Waals surface area contributed by atoms with Gasteiger partial charge in [-0.3, -0.25) is 14.4 Å². The van der Waals surface area contributed by atoms with Gasteiger partial charge < -0.3 is 14.2 Å². The van der Waals surface area contributed by atoms with Gasteiger partial charge in [0, 0.05) is 19.3 Å². The Morgan fingerprint density at radius 3 is 0.652 bits per heavy atom. The van der Waals surface area contributed by atoms with E-state index in [-0.39, 0.29) is 31.1 Å². The van der Waals surface area contributed by atoms with E-state index in [4.69, 9.17) is 14.2 Å². The number of esters is 3. The minimum absolute atomic E-state index is 0.0637. The molecular weight excluding hydrogens is 817 g/mol. The number of hydrogen-bond donors (Lipinski definition) is 0. The smallest absolute Gasteiger partial charge is 0.306 e. The first kappa shape index (κ1) is 64.4. The van der Waals surface area contributed by atoms with Crippen molar-refractivity contribution in [3.8, 4) is 0 Å². The first-order valence-electron chi connectivity index (χ1n) is 29.6. The van der Waals surface area contributed by atoms with Gasteiger partial charge in [0.2, 0.25) is 0 Å². The molecule has 0 unspecified atom stereocenters. The van der Waals surface area contributed by atoms with Crippen LogP contribution >= 0.6 is 0 Å². The number of carbonyl (C=O) groups is 3. The molecule has 6 nitrogen and oxygen atoms in total. The highest BCUT2D eigenvalue weighted by atomic mass is 16.6. The lowest BCUT2D eigenvalue weighted by atomic mass is 10.0. The first-order valence-corrected chi connectivity index (χ1v) is 29.6. The Kier molecular flexibility index (Phi) is 50.0. The van der Waals surface area contributed by atoms with Crippen LogP contribution in [0.1, 0.15) is 330 Å². The van der Waals surface area contributed by atoms with Crippen molar-refractivity contribution in [3.05, 3.63) is 0 Å². The van der Waals surface area contributed by atoms with Crippen molar-refractivity contribution >= 4 is 17.9 Å². The Labute approximate surface area is 412 Å². The summed E-state index contributed by atoms with van der Waals surface area (Å²) in [5.74, 6) is 1.65. The molecule has 0 heterocycles. The number of ether oxygens (including phenoxy) is 3. The third kappa shape index (κ3) is 53.4. The highest BCUT2D eigenvalue weighted by Gasteiger charge is 2.19. The highest BCUT2D eigenvalue weighted by Crippen LogP contribution is 2.19. The summed E-state index contributed by atoms with van der Waals surface area (Å²) in [5, 5.41) is 0. The van der Waals surface area contributed by atoms with E-state index in [9.17, 15) is 14.4 Å². The standard InChI is InChI=1S/C60H116O6/c1-54(2)46-40-34-28-22-17-13-11-9-7-8-10-12-14-19-25-31-37-43-49-58(61)64-52-57(66-60(63)51-45-39-33-27-21-24-30-36-42-48-56(5)6)53-65-59(62)50-44-38-32-26-20-16-15-18-23-29-35-41-47-55(3)4/h54-57H,7-53H2,1-6H3/t57-/m0/s1. The average molecular weight is 934 g/mol. The second-order valence-corrected chi connectivity index (χ2v) is 22.1. The molecule has 0 spiro atoms. The summed E-state index contributed by atoms with van der Waals surface area (Å²) in [6.07, 6.45) is 53.9. The Bertz CT molecular complexity index is 1020. The van der Waals surface area contributed by atoms with Gasteiger partial charge in [0.05, 0.1) is 0 Å². The van der Waals surface area contributed by atoms with Gasteiger partial charge in [0.1, 0.15) is 13.2 Å². The molecular formula is C60H116O6. The molecule has 0 rings (SSSR count). The zero-order valence-corrected chi connectivity index (χ0v) is 45.5. The predicted octanol–water partition coefficient (Wildman–Crippen LogP) is 19.5. The minimum atomic E-state index is -0.764. The molecule has 0 saturated heterocycles. The molecule has 0 radical (unpaired) electrons. The maximum Gasteiger partial charge on any atom is 0.306 e. The normalized spacial score (nSPS) is 12.1. The molecule has 0 bridgehead atoms. The van der Waals surface area contributed by atoms with E-state index < -0.39 is 6.10 Å². The summed E-state index contributed by atoms with van der Waals surface area (Å²) in [6.45, 7) is 13.8. The molecule has 392 valence electrons. The molecule has 0 saturated carbocycles. The fourth-order valence-electron chi connectivity index (χ4n) is 9.18. The lowest BCUT2D eigenvalue weighted by Gasteiger charge is -2.18. The van der Waals surface area contributed by atoms with Crippen LogP contribution in [-0.2, 0) is 28.6 Å². The van der Waals surface area contributed by atoms with Gasteiger partial charge in [-0.25, -0.2) is 0 Å². The summed E-state index contributed by atoms with van der Waals surface area (Å²) in [7, 11) is 0. The SMILES string of the molecule is CC(C)CCCCCCCCCCCCCCCCCCCCC(=O)OC[C@@H](COC(=O)CCCCCCCCCCCCCCC(C)C)OC(=O)CCCCCCCCCCCC(C)C. The fraction of sp³-hybridized carbons (Fsp3) is 0.950. The number of rotatable bonds is 53. The Morgan fingerprint density at radius 1 is 0.258 bits per heavy atom. The van der Waals surface area contributed by atoms with Crippen LogP contribution in [0.3, 0.4) is 0 Å². The lowest BCUT2D eigenvalue weighted by molar-refractivity contribution is -0.167. The molecule has 0 aliphatic rings. The summed E-state index contributed by atoms with van der Waals surface area (Å²) in [5.41, 5.74) is 0. The zero-order chi connectivity index (χ0) is 48.4. The topological polar surface area (TPSA) is 78.9 Å². The van der Waals surface area contributed by atoms with Crippen LogP contribution in [-0.4, -0.2) is 37.2 Å². The van der Waals surface area contributed by atoms with E-state index in [1.807, 2.05) is 0 Å². The molecule has 1 atom stereocenters. The molecule has 6 heteroatoms. The maximum absolute atomic E-state index is 12.8. The van der Waals surface area contributed by atoms with Gasteiger partial charge in [0.25, 0.3) is 0 Å². The summed E-state index contributed by atoms with van der Waals surface area (Å²) in [4.78, 5) is 38.1. The minimum Gasteiger partial charge on any atom is -0.462 e. The summed E-state index contributed by atoms with van der Waals surface area (Å²) < 4.78 is 16.9. The molecule has 0 aliphatic heterocycles. The monoisotopic (exact) mass is 933 g/mol. The van der Waals surface area contributed by atoms with E-state index in [0.717, 1.165) is 75.5 Å².